The Morgan fingerprint density at radius 2 is 1.61 bits per heavy atom. The van der Waals surface area contributed by atoms with Gasteiger partial charge in [-0.25, -0.2) is 8.42 Å². The highest BCUT2D eigenvalue weighted by Crippen LogP contribution is 2.18. The molecule has 18 heavy (non-hydrogen) atoms. The molecule has 1 saturated heterocycles. The van der Waals surface area contributed by atoms with Crippen LogP contribution in [0.4, 0.5) is 0 Å². The van der Waals surface area contributed by atoms with Crippen molar-refractivity contribution >= 4 is 10.0 Å². The lowest BCUT2D eigenvalue weighted by atomic mass is 10.2. The first-order chi connectivity index (χ1) is 8.54. The average Bonchev–Trinajstić information content (AvgIpc) is 2.39. The molecule has 1 aliphatic heterocycles. The molecule has 0 N–H and O–H groups in total. The molecule has 0 aromatic heterocycles. The Labute approximate surface area is 106 Å². The van der Waals surface area contributed by atoms with E-state index in [2.05, 4.69) is 5.29 Å². The van der Waals surface area contributed by atoms with Gasteiger partial charge in [-0.05, 0) is 19.1 Å². The molecule has 0 atom stereocenters. The van der Waals surface area contributed by atoms with E-state index in [-0.39, 0.29) is 0 Å². The predicted octanol–water partition coefficient (Wildman–Crippen LogP) is 0.983. The molecule has 2 rings (SSSR count). The van der Waals surface area contributed by atoms with Crippen LogP contribution in [-0.4, -0.2) is 43.9 Å². The zero-order valence-electron chi connectivity index (χ0n) is 10.1. The van der Waals surface area contributed by atoms with Crippen LogP contribution in [0.3, 0.4) is 0 Å². The van der Waals surface area contributed by atoms with Gasteiger partial charge >= 0.3 is 0 Å². The molecule has 1 aromatic carbocycles. The van der Waals surface area contributed by atoms with Crippen LogP contribution >= 0.6 is 0 Å². The highest BCUT2D eigenvalue weighted by molar-refractivity contribution is 7.89. The summed E-state index contributed by atoms with van der Waals surface area (Å²) >= 11 is 0. The van der Waals surface area contributed by atoms with Gasteiger partial charge in [0.05, 0.1) is 23.3 Å². The zero-order valence-corrected chi connectivity index (χ0v) is 10.9. The molecule has 7 heteroatoms. The Kier molecular flexibility index (Phi) is 3.63. The molecule has 1 fully saturated rings. The van der Waals surface area contributed by atoms with Gasteiger partial charge in [0.25, 0.3) is 0 Å². The molecular formula is C11H15N3O3S. The molecule has 0 amide bonds. The lowest BCUT2D eigenvalue weighted by Gasteiger charge is -2.30. The number of hydrogen-bond acceptors (Lipinski definition) is 4. The van der Waals surface area contributed by atoms with Gasteiger partial charge in [0.1, 0.15) is 0 Å². The van der Waals surface area contributed by atoms with Crippen molar-refractivity contribution in [3.05, 3.63) is 34.7 Å². The number of nitrogens with zero attached hydrogens (tertiary/aromatic N) is 3. The minimum absolute atomic E-state index is 0.292. The second-order valence-electron chi connectivity index (χ2n) is 4.25. The van der Waals surface area contributed by atoms with E-state index < -0.39 is 10.0 Å². The number of rotatable bonds is 3. The van der Waals surface area contributed by atoms with Crippen LogP contribution in [0.25, 0.3) is 0 Å². The fourth-order valence-corrected chi connectivity index (χ4v) is 3.28. The molecule has 0 spiro atoms. The third-order valence-corrected chi connectivity index (χ3v) is 4.90. The van der Waals surface area contributed by atoms with Gasteiger partial charge in [-0.15, -0.1) is 4.91 Å². The summed E-state index contributed by atoms with van der Waals surface area (Å²) in [7, 11) is -3.45. The predicted molar refractivity (Wildman–Crippen MR) is 67.3 cm³/mol. The lowest BCUT2D eigenvalue weighted by molar-refractivity contribution is 0.192. The van der Waals surface area contributed by atoms with Crippen LogP contribution in [0.2, 0.25) is 0 Å². The number of nitroso groups, excluding NO2 is 1. The smallest absolute Gasteiger partial charge is 0.243 e. The topological polar surface area (TPSA) is 70.1 Å². The number of sulfonamides is 1. The molecule has 0 unspecified atom stereocenters. The number of piperazine rings is 1. The van der Waals surface area contributed by atoms with Crippen LogP contribution in [0.15, 0.2) is 34.4 Å². The summed E-state index contributed by atoms with van der Waals surface area (Å²) in [5.41, 5.74) is 1.02. The van der Waals surface area contributed by atoms with E-state index in [4.69, 9.17) is 0 Å². The summed E-state index contributed by atoms with van der Waals surface area (Å²) < 4.78 is 26.0. The number of benzene rings is 1. The maximum absolute atomic E-state index is 12.3. The quantitative estimate of drug-likeness (QED) is 0.767. The third kappa shape index (κ3) is 2.51. The zero-order chi connectivity index (χ0) is 13.2. The Balaban J connectivity index is 2.17. The maximum atomic E-state index is 12.3. The van der Waals surface area contributed by atoms with Crippen molar-refractivity contribution in [1.82, 2.24) is 9.31 Å². The average molecular weight is 269 g/mol. The molecule has 0 aliphatic carbocycles. The summed E-state index contributed by atoms with van der Waals surface area (Å²) in [4.78, 5) is 10.6. The standard InChI is InChI=1S/C11H15N3O3S/c1-10-2-4-11(5-3-10)18(16,17)14-8-6-13(12-15)7-9-14/h2-5H,6-9H2,1H3. The summed E-state index contributed by atoms with van der Waals surface area (Å²) in [5.74, 6) is 0. The van der Waals surface area contributed by atoms with Gasteiger partial charge in [0.15, 0.2) is 0 Å². The van der Waals surface area contributed by atoms with E-state index in [0.717, 1.165) is 5.56 Å². The van der Waals surface area contributed by atoms with Crippen molar-refractivity contribution in [1.29, 1.82) is 0 Å². The monoisotopic (exact) mass is 269 g/mol. The van der Waals surface area contributed by atoms with Crippen LogP contribution in [0.1, 0.15) is 5.56 Å². The molecular weight excluding hydrogens is 254 g/mol. The van der Waals surface area contributed by atoms with Crippen LogP contribution in [0.5, 0.6) is 0 Å². The third-order valence-electron chi connectivity index (χ3n) is 2.99. The van der Waals surface area contributed by atoms with Crippen molar-refractivity contribution < 1.29 is 8.42 Å². The molecule has 6 nitrogen and oxygen atoms in total. The van der Waals surface area contributed by atoms with Crippen molar-refractivity contribution in [3.63, 3.8) is 0 Å². The van der Waals surface area contributed by atoms with Gasteiger partial charge in [-0.3, -0.25) is 5.01 Å². The SMILES string of the molecule is Cc1ccc(S(=O)(=O)N2CCN(N=O)CC2)cc1. The van der Waals surface area contributed by atoms with Gasteiger partial charge < -0.3 is 0 Å². The Bertz CT molecular complexity index is 519. The van der Waals surface area contributed by atoms with Gasteiger partial charge in [-0.1, -0.05) is 17.7 Å². The molecule has 1 aromatic rings. The van der Waals surface area contributed by atoms with E-state index in [1.165, 1.54) is 9.31 Å². The lowest BCUT2D eigenvalue weighted by Crippen LogP contribution is -2.46. The maximum Gasteiger partial charge on any atom is 0.243 e. The molecule has 1 heterocycles. The first kappa shape index (κ1) is 13.0. The van der Waals surface area contributed by atoms with E-state index in [9.17, 15) is 13.3 Å². The summed E-state index contributed by atoms with van der Waals surface area (Å²) in [6, 6.07) is 6.76. The molecule has 0 radical (unpaired) electrons. The summed E-state index contributed by atoms with van der Waals surface area (Å²) in [6.07, 6.45) is 0. The second kappa shape index (κ2) is 5.03. The second-order valence-corrected chi connectivity index (χ2v) is 6.19. The molecule has 1 aliphatic rings. The van der Waals surface area contributed by atoms with Crippen molar-refractivity contribution in [3.8, 4) is 0 Å². The van der Waals surface area contributed by atoms with E-state index >= 15 is 0 Å². The highest BCUT2D eigenvalue weighted by Gasteiger charge is 2.28. The van der Waals surface area contributed by atoms with Crippen LogP contribution < -0.4 is 0 Å². The van der Waals surface area contributed by atoms with Crippen LogP contribution in [-0.2, 0) is 10.0 Å². The van der Waals surface area contributed by atoms with E-state index in [1.54, 1.807) is 24.3 Å². The Morgan fingerprint density at radius 3 is 2.11 bits per heavy atom. The fourth-order valence-electron chi connectivity index (χ4n) is 1.86. The molecule has 0 saturated carbocycles. The summed E-state index contributed by atoms with van der Waals surface area (Å²) in [5, 5.41) is 4.14. The Hall–Kier alpha value is -1.47. The number of hydrogen-bond donors (Lipinski definition) is 0. The normalized spacial score (nSPS) is 17.7. The Morgan fingerprint density at radius 1 is 1.06 bits per heavy atom. The van der Waals surface area contributed by atoms with E-state index in [1.807, 2.05) is 6.92 Å². The van der Waals surface area contributed by atoms with Gasteiger partial charge in [-0.2, -0.15) is 4.31 Å². The highest BCUT2D eigenvalue weighted by atomic mass is 32.2. The van der Waals surface area contributed by atoms with Crippen molar-refractivity contribution in [2.45, 2.75) is 11.8 Å². The molecule has 0 bridgehead atoms. The fraction of sp³-hybridized carbons (Fsp3) is 0.455. The van der Waals surface area contributed by atoms with Gasteiger partial charge in [0, 0.05) is 13.1 Å². The minimum Gasteiger partial charge on any atom is -0.258 e. The minimum atomic E-state index is -3.45. The van der Waals surface area contributed by atoms with E-state index in [0.29, 0.717) is 31.1 Å². The largest absolute Gasteiger partial charge is 0.258 e. The van der Waals surface area contributed by atoms with Crippen molar-refractivity contribution in [2.24, 2.45) is 5.29 Å². The van der Waals surface area contributed by atoms with Crippen molar-refractivity contribution in [2.75, 3.05) is 26.2 Å². The molecule has 98 valence electrons. The first-order valence-electron chi connectivity index (χ1n) is 5.69. The van der Waals surface area contributed by atoms with Gasteiger partial charge in [0.2, 0.25) is 10.0 Å². The van der Waals surface area contributed by atoms with Crippen LogP contribution in [0, 0.1) is 11.8 Å². The number of aryl methyl sites for hydroxylation is 1. The first-order valence-corrected chi connectivity index (χ1v) is 7.13. The summed E-state index contributed by atoms with van der Waals surface area (Å²) in [6.45, 7) is 3.18.